The van der Waals surface area contributed by atoms with Crippen molar-refractivity contribution in [2.75, 3.05) is 0 Å². The summed E-state index contributed by atoms with van der Waals surface area (Å²) in [5.74, 6) is 1.53. The van der Waals surface area contributed by atoms with E-state index in [4.69, 9.17) is 4.74 Å². The maximum Gasteiger partial charge on any atom is 0.410 e. The van der Waals surface area contributed by atoms with E-state index >= 15 is 0 Å². The van der Waals surface area contributed by atoms with Gasteiger partial charge in [0.1, 0.15) is 5.60 Å². The van der Waals surface area contributed by atoms with Crippen LogP contribution in [0, 0.1) is 11.8 Å². The van der Waals surface area contributed by atoms with Crippen molar-refractivity contribution in [3.63, 3.8) is 0 Å². The zero-order chi connectivity index (χ0) is 11.4. The molecule has 2 fully saturated rings. The minimum atomic E-state index is -0.376. The highest BCUT2D eigenvalue weighted by Crippen LogP contribution is 2.51. The molecular formula is C12H21NO2. The summed E-state index contributed by atoms with van der Waals surface area (Å²) >= 11 is 0. The molecule has 0 aromatic carbocycles. The van der Waals surface area contributed by atoms with Crippen LogP contribution in [0.25, 0.3) is 0 Å². The molecule has 0 aromatic heterocycles. The topological polar surface area (TPSA) is 29.3 Å². The van der Waals surface area contributed by atoms with Gasteiger partial charge in [0.2, 0.25) is 0 Å². The van der Waals surface area contributed by atoms with Crippen molar-refractivity contribution in [3.8, 4) is 0 Å². The van der Waals surface area contributed by atoms with Crippen molar-refractivity contribution in [3.05, 3.63) is 0 Å². The Morgan fingerprint density at radius 3 is 2.27 bits per heavy atom. The Balaban J connectivity index is 1.88. The number of carbonyl (C=O) groups is 1. The third-order valence-electron chi connectivity index (χ3n) is 3.38. The molecule has 4 atom stereocenters. The normalized spacial score (nSPS) is 38.9. The average Bonchev–Trinajstić information content (AvgIpc) is 2.86. The standard InChI is InChI=1S/C12H21NO2/c1-7-6-9(7)10-8(2)13(10)11(14)15-12(3,4)5/h7-10H,6H2,1-5H3. The summed E-state index contributed by atoms with van der Waals surface area (Å²) in [5.41, 5.74) is -0.376. The Hall–Kier alpha value is -0.730. The van der Waals surface area contributed by atoms with Gasteiger partial charge in [0.15, 0.2) is 0 Å². The van der Waals surface area contributed by atoms with Gasteiger partial charge in [-0.05, 0) is 46.0 Å². The van der Waals surface area contributed by atoms with Crippen molar-refractivity contribution in [2.45, 2.75) is 58.7 Å². The first kappa shape index (κ1) is 10.8. The zero-order valence-electron chi connectivity index (χ0n) is 10.3. The van der Waals surface area contributed by atoms with Crippen LogP contribution in [0.3, 0.4) is 0 Å². The van der Waals surface area contributed by atoms with Crippen LogP contribution in [0.1, 0.15) is 41.0 Å². The highest BCUT2D eigenvalue weighted by atomic mass is 16.6. The predicted octanol–water partition coefficient (Wildman–Crippen LogP) is 2.65. The Kier molecular flexibility index (Phi) is 2.25. The van der Waals surface area contributed by atoms with E-state index in [1.165, 1.54) is 6.42 Å². The van der Waals surface area contributed by atoms with Crippen molar-refractivity contribution >= 4 is 6.09 Å². The smallest absolute Gasteiger partial charge is 0.410 e. The number of hydrogen-bond acceptors (Lipinski definition) is 2. The summed E-state index contributed by atoms with van der Waals surface area (Å²) in [7, 11) is 0. The highest BCUT2D eigenvalue weighted by Gasteiger charge is 2.59. The quantitative estimate of drug-likeness (QED) is 0.624. The van der Waals surface area contributed by atoms with Gasteiger partial charge in [-0.3, -0.25) is 4.90 Å². The van der Waals surface area contributed by atoms with E-state index < -0.39 is 0 Å². The van der Waals surface area contributed by atoms with Crippen LogP contribution in [0.2, 0.25) is 0 Å². The van der Waals surface area contributed by atoms with Crippen LogP contribution < -0.4 is 0 Å². The van der Waals surface area contributed by atoms with E-state index in [1.807, 2.05) is 25.7 Å². The number of rotatable bonds is 1. The van der Waals surface area contributed by atoms with E-state index in [0.29, 0.717) is 12.1 Å². The molecule has 0 N–H and O–H groups in total. The molecule has 1 heterocycles. The maximum absolute atomic E-state index is 11.8. The number of carbonyl (C=O) groups excluding carboxylic acids is 1. The van der Waals surface area contributed by atoms with Crippen molar-refractivity contribution in [1.82, 2.24) is 4.90 Å². The van der Waals surface area contributed by atoms with E-state index in [-0.39, 0.29) is 11.7 Å². The SMILES string of the molecule is CC1CC1C1C(C)N1C(=O)OC(C)(C)C. The van der Waals surface area contributed by atoms with Gasteiger partial charge in [0.25, 0.3) is 0 Å². The van der Waals surface area contributed by atoms with Gasteiger partial charge in [0, 0.05) is 0 Å². The fourth-order valence-electron chi connectivity index (χ4n) is 2.37. The zero-order valence-corrected chi connectivity index (χ0v) is 10.3. The summed E-state index contributed by atoms with van der Waals surface area (Å²) in [6.07, 6.45) is 1.13. The lowest BCUT2D eigenvalue weighted by molar-refractivity contribution is 0.0391. The van der Waals surface area contributed by atoms with Gasteiger partial charge >= 0.3 is 6.09 Å². The second-order valence-corrected chi connectivity index (χ2v) is 6.00. The molecule has 1 amide bonds. The van der Waals surface area contributed by atoms with Gasteiger partial charge < -0.3 is 4.74 Å². The van der Waals surface area contributed by atoms with Crippen LogP contribution in [-0.2, 0) is 4.74 Å². The second kappa shape index (κ2) is 3.13. The number of ether oxygens (including phenoxy) is 1. The van der Waals surface area contributed by atoms with E-state index in [9.17, 15) is 4.79 Å². The van der Waals surface area contributed by atoms with Gasteiger partial charge in [-0.2, -0.15) is 0 Å². The first-order valence-corrected chi connectivity index (χ1v) is 5.82. The Morgan fingerprint density at radius 1 is 1.33 bits per heavy atom. The van der Waals surface area contributed by atoms with Crippen LogP contribution in [0.5, 0.6) is 0 Å². The first-order chi connectivity index (χ1) is 6.81. The molecule has 2 aliphatic rings. The molecule has 2 rings (SSSR count). The van der Waals surface area contributed by atoms with Crippen LogP contribution in [0.4, 0.5) is 4.79 Å². The van der Waals surface area contributed by atoms with Crippen molar-refractivity contribution in [1.29, 1.82) is 0 Å². The van der Waals surface area contributed by atoms with E-state index in [1.54, 1.807) is 0 Å². The molecule has 1 aliphatic carbocycles. The summed E-state index contributed by atoms with van der Waals surface area (Å²) in [6.45, 7) is 10.1. The van der Waals surface area contributed by atoms with Crippen LogP contribution >= 0.6 is 0 Å². The van der Waals surface area contributed by atoms with Crippen LogP contribution in [-0.4, -0.2) is 28.7 Å². The molecule has 1 aliphatic heterocycles. The van der Waals surface area contributed by atoms with E-state index in [0.717, 1.165) is 11.8 Å². The molecule has 3 heteroatoms. The lowest BCUT2D eigenvalue weighted by Gasteiger charge is -2.20. The molecule has 0 radical (unpaired) electrons. The second-order valence-electron chi connectivity index (χ2n) is 6.00. The molecule has 3 nitrogen and oxygen atoms in total. The highest BCUT2D eigenvalue weighted by molar-refractivity contribution is 5.72. The molecule has 1 saturated heterocycles. The number of amides is 1. The van der Waals surface area contributed by atoms with E-state index in [2.05, 4.69) is 13.8 Å². The third-order valence-corrected chi connectivity index (χ3v) is 3.38. The summed E-state index contributed by atoms with van der Waals surface area (Å²) in [5, 5.41) is 0. The fraction of sp³-hybridized carbons (Fsp3) is 0.917. The Labute approximate surface area is 91.8 Å². The molecule has 4 unspecified atom stereocenters. The molecule has 0 aromatic rings. The van der Waals surface area contributed by atoms with Gasteiger partial charge in [-0.25, -0.2) is 4.79 Å². The molecule has 86 valence electrons. The predicted molar refractivity (Wildman–Crippen MR) is 58.6 cm³/mol. The minimum absolute atomic E-state index is 0.140. The summed E-state index contributed by atoms with van der Waals surface area (Å²) in [4.78, 5) is 13.7. The van der Waals surface area contributed by atoms with Gasteiger partial charge in [-0.1, -0.05) is 6.92 Å². The summed E-state index contributed by atoms with van der Waals surface area (Å²) < 4.78 is 5.36. The molecule has 0 bridgehead atoms. The molecule has 0 spiro atoms. The molecule has 15 heavy (non-hydrogen) atoms. The van der Waals surface area contributed by atoms with Crippen molar-refractivity contribution < 1.29 is 9.53 Å². The number of nitrogens with zero attached hydrogens (tertiary/aromatic N) is 1. The van der Waals surface area contributed by atoms with Gasteiger partial charge in [-0.15, -0.1) is 0 Å². The monoisotopic (exact) mass is 211 g/mol. The fourth-order valence-corrected chi connectivity index (χ4v) is 2.37. The summed E-state index contributed by atoms with van der Waals surface area (Å²) in [6, 6.07) is 0.838. The first-order valence-electron chi connectivity index (χ1n) is 5.82. The minimum Gasteiger partial charge on any atom is -0.444 e. The Morgan fingerprint density at radius 2 is 1.87 bits per heavy atom. The molecule has 1 saturated carbocycles. The van der Waals surface area contributed by atoms with Gasteiger partial charge in [0.05, 0.1) is 12.1 Å². The lowest BCUT2D eigenvalue weighted by atomic mass is 10.2. The molecular weight excluding hydrogens is 190 g/mol. The van der Waals surface area contributed by atoms with Crippen LogP contribution in [0.15, 0.2) is 0 Å². The largest absolute Gasteiger partial charge is 0.444 e. The maximum atomic E-state index is 11.8. The third kappa shape index (κ3) is 2.11. The average molecular weight is 211 g/mol. The lowest BCUT2D eigenvalue weighted by Crippen LogP contribution is -2.28. The number of hydrogen-bond donors (Lipinski definition) is 0. The Bertz CT molecular complexity index is 282. The van der Waals surface area contributed by atoms with Crippen molar-refractivity contribution in [2.24, 2.45) is 11.8 Å².